The predicted octanol–water partition coefficient (Wildman–Crippen LogP) is 4.93. The fourth-order valence-electron chi connectivity index (χ4n) is 1.54. The lowest BCUT2D eigenvalue weighted by Crippen LogP contribution is -2.00. The van der Waals surface area contributed by atoms with Crippen LogP contribution in [0.4, 0.5) is 0 Å². The van der Waals surface area contributed by atoms with Gasteiger partial charge in [-0.1, -0.05) is 35.9 Å². The predicted molar refractivity (Wildman–Crippen MR) is 81.3 cm³/mol. The van der Waals surface area contributed by atoms with Crippen molar-refractivity contribution in [1.82, 2.24) is 0 Å². The number of aliphatic hydroxyl groups is 1. The molecule has 2 aromatic rings. The molecule has 0 fully saturated rings. The molecule has 0 radical (unpaired) electrons. The number of rotatable bonds is 4. The summed E-state index contributed by atoms with van der Waals surface area (Å²) in [5.74, 6) is 0.600. The second kappa shape index (κ2) is 6.62. The summed E-state index contributed by atoms with van der Waals surface area (Å²) in [5.41, 5.74) is 0.849. The summed E-state index contributed by atoms with van der Waals surface area (Å²) in [5, 5.41) is 10.8. The third-order valence-electron chi connectivity index (χ3n) is 2.47. The van der Waals surface area contributed by atoms with E-state index in [4.69, 9.17) is 11.6 Å². The Bertz CT molecular complexity index is 533. The highest BCUT2D eigenvalue weighted by atomic mass is 79.9. The molecule has 0 spiro atoms. The van der Waals surface area contributed by atoms with Gasteiger partial charge in [0.15, 0.2) is 0 Å². The monoisotopic (exact) mass is 342 g/mol. The van der Waals surface area contributed by atoms with Crippen LogP contribution in [0, 0.1) is 0 Å². The Balaban J connectivity index is 2.00. The maximum absolute atomic E-state index is 10.1. The summed E-state index contributed by atoms with van der Waals surface area (Å²) < 4.78 is 1.05. The van der Waals surface area contributed by atoms with Crippen molar-refractivity contribution in [2.75, 3.05) is 5.75 Å². The van der Waals surface area contributed by atoms with Crippen LogP contribution in [0.25, 0.3) is 0 Å². The molecule has 0 amide bonds. The van der Waals surface area contributed by atoms with E-state index >= 15 is 0 Å². The summed E-state index contributed by atoms with van der Waals surface area (Å²) in [7, 11) is 0. The summed E-state index contributed by atoms with van der Waals surface area (Å²) >= 11 is 11.0. The zero-order chi connectivity index (χ0) is 13.0. The molecule has 4 heteroatoms. The largest absolute Gasteiger partial charge is 0.388 e. The fourth-order valence-corrected chi connectivity index (χ4v) is 3.28. The van der Waals surface area contributed by atoms with Crippen molar-refractivity contribution < 1.29 is 5.11 Å². The van der Waals surface area contributed by atoms with E-state index in [2.05, 4.69) is 15.9 Å². The van der Waals surface area contributed by atoms with Crippen LogP contribution in [0.1, 0.15) is 11.7 Å². The van der Waals surface area contributed by atoms with E-state index in [-0.39, 0.29) is 0 Å². The molecule has 2 rings (SSSR count). The van der Waals surface area contributed by atoms with Crippen LogP contribution in [0.3, 0.4) is 0 Å². The molecular weight excluding hydrogens is 332 g/mol. The zero-order valence-corrected chi connectivity index (χ0v) is 12.7. The highest BCUT2D eigenvalue weighted by Crippen LogP contribution is 2.30. The van der Waals surface area contributed by atoms with Crippen LogP contribution in [0.15, 0.2) is 57.9 Å². The van der Waals surface area contributed by atoms with Gasteiger partial charge in [0.2, 0.25) is 0 Å². The van der Waals surface area contributed by atoms with Crippen LogP contribution in [0.5, 0.6) is 0 Å². The van der Waals surface area contributed by atoms with Gasteiger partial charge in [0.05, 0.1) is 6.10 Å². The number of hydrogen-bond donors (Lipinski definition) is 1. The molecule has 2 aromatic carbocycles. The smallest absolute Gasteiger partial charge is 0.0884 e. The molecule has 1 N–H and O–H groups in total. The first-order valence-electron chi connectivity index (χ1n) is 5.47. The Morgan fingerprint density at radius 3 is 2.67 bits per heavy atom. The van der Waals surface area contributed by atoms with Crippen molar-refractivity contribution in [3.8, 4) is 0 Å². The molecule has 0 aliphatic heterocycles. The second-order valence-corrected chi connectivity index (χ2v) is 6.16. The molecule has 0 aliphatic carbocycles. The van der Waals surface area contributed by atoms with Crippen molar-refractivity contribution in [3.63, 3.8) is 0 Å². The maximum atomic E-state index is 10.1. The van der Waals surface area contributed by atoms with Gasteiger partial charge in [-0.2, -0.15) is 0 Å². The van der Waals surface area contributed by atoms with Crippen LogP contribution in [-0.2, 0) is 0 Å². The lowest BCUT2D eigenvalue weighted by Gasteiger charge is -2.11. The van der Waals surface area contributed by atoms with Crippen molar-refractivity contribution in [1.29, 1.82) is 0 Å². The molecule has 0 saturated heterocycles. The van der Waals surface area contributed by atoms with E-state index in [0.29, 0.717) is 10.8 Å². The molecule has 1 nitrogen and oxygen atoms in total. The van der Waals surface area contributed by atoms with Crippen molar-refractivity contribution in [2.24, 2.45) is 0 Å². The number of halogens is 2. The first-order chi connectivity index (χ1) is 8.66. The quantitative estimate of drug-likeness (QED) is 0.794. The van der Waals surface area contributed by atoms with Gasteiger partial charge in [-0.15, -0.1) is 11.8 Å². The normalized spacial score (nSPS) is 12.4. The van der Waals surface area contributed by atoms with Gasteiger partial charge in [0, 0.05) is 20.1 Å². The van der Waals surface area contributed by atoms with Crippen molar-refractivity contribution >= 4 is 39.3 Å². The van der Waals surface area contributed by atoms with Gasteiger partial charge in [-0.3, -0.25) is 0 Å². The second-order valence-electron chi connectivity index (χ2n) is 3.81. The van der Waals surface area contributed by atoms with E-state index in [1.54, 1.807) is 23.9 Å². The van der Waals surface area contributed by atoms with Crippen molar-refractivity contribution in [3.05, 3.63) is 63.6 Å². The van der Waals surface area contributed by atoms with Crippen LogP contribution >= 0.6 is 39.3 Å². The Labute approximate surface area is 124 Å². The molecule has 0 aromatic heterocycles. The molecule has 1 atom stereocenters. The van der Waals surface area contributed by atoms with Gasteiger partial charge in [0.1, 0.15) is 0 Å². The topological polar surface area (TPSA) is 20.2 Å². The Morgan fingerprint density at radius 1 is 1.17 bits per heavy atom. The first kappa shape index (κ1) is 13.9. The molecule has 94 valence electrons. The minimum absolute atomic E-state index is 0.513. The first-order valence-corrected chi connectivity index (χ1v) is 7.63. The average molecular weight is 344 g/mol. The van der Waals surface area contributed by atoms with Gasteiger partial charge in [-0.25, -0.2) is 0 Å². The SMILES string of the molecule is OC(CSc1ccccc1Br)c1cccc(Cl)c1. The minimum atomic E-state index is -0.513. The summed E-state index contributed by atoms with van der Waals surface area (Å²) in [6, 6.07) is 15.3. The molecule has 1 unspecified atom stereocenters. The molecule has 0 aliphatic rings. The Hall–Kier alpha value is -0.480. The van der Waals surface area contributed by atoms with E-state index in [9.17, 15) is 5.11 Å². The third kappa shape index (κ3) is 3.75. The minimum Gasteiger partial charge on any atom is -0.388 e. The van der Waals surface area contributed by atoms with Crippen LogP contribution in [-0.4, -0.2) is 10.9 Å². The van der Waals surface area contributed by atoms with Crippen LogP contribution < -0.4 is 0 Å². The molecule has 0 bridgehead atoms. The lowest BCUT2D eigenvalue weighted by molar-refractivity contribution is 0.204. The lowest BCUT2D eigenvalue weighted by atomic mass is 10.1. The summed E-state index contributed by atoms with van der Waals surface area (Å²) in [6.45, 7) is 0. The third-order valence-corrected chi connectivity index (χ3v) is 4.81. The number of aliphatic hydroxyl groups excluding tert-OH is 1. The Kier molecular flexibility index (Phi) is 5.13. The zero-order valence-electron chi connectivity index (χ0n) is 9.51. The molecular formula is C14H12BrClOS. The number of benzene rings is 2. The standard InChI is InChI=1S/C14H12BrClOS/c15-12-6-1-2-7-14(12)18-9-13(17)10-4-3-5-11(16)8-10/h1-8,13,17H,9H2. The van der Waals surface area contributed by atoms with Gasteiger partial charge in [-0.05, 0) is 45.8 Å². The van der Waals surface area contributed by atoms with E-state index < -0.39 is 6.10 Å². The van der Waals surface area contributed by atoms with E-state index in [0.717, 1.165) is 14.9 Å². The molecule has 18 heavy (non-hydrogen) atoms. The highest BCUT2D eigenvalue weighted by molar-refractivity contribution is 9.10. The number of thioether (sulfide) groups is 1. The fraction of sp³-hybridized carbons (Fsp3) is 0.143. The average Bonchev–Trinajstić information content (AvgIpc) is 2.37. The Morgan fingerprint density at radius 2 is 1.94 bits per heavy atom. The molecule has 0 saturated carbocycles. The highest BCUT2D eigenvalue weighted by Gasteiger charge is 2.09. The summed E-state index contributed by atoms with van der Waals surface area (Å²) in [4.78, 5) is 1.12. The van der Waals surface area contributed by atoms with E-state index in [1.165, 1.54) is 0 Å². The maximum Gasteiger partial charge on any atom is 0.0884 e. The van der Waals surface area contributed by atoms with Gasteiger partial charge < -0.3 is 5.11 Å². The van der Waals surface area contributed by atoms with E-state index in [1.807, 2.05) is 36.4 Å². The van der Waals surface area contributed by atoms with Gasteiger partial charge >= 0.3 is 0 Å². The number of hydrogen-bond acceptors (Lipinski definition) is 2. The van der Waals surface area contributed by atoms with Crippen LogP contribution in [0.2, 0.25) is 5.02 Å². The van der Waals surface area contributed by atoms with Gasteiger partial charge in [0.25, 0.3) is 0 Å². The molecule has 0 heterocycles. The summed E-state index contributed by atoms with van der Waals surface area (Å²) in [6.07, 6.45) is -0.513. The van der Waals surface area contributed by atoms with Crippen molar-refractivity contribution in [2.45, 2.75) is 11.0 Å².